The van der Waals surface area contributed by atoms with Gasteiger partial charge in [0.15, 0.2) is 0 Å². The summed E-state index contributed by atoms with van der Waals surface area (Å²) in [6, 6.07) is 12.8. The molecule has 142 valence electrons. The second-order valence-corrected chi connectivity index (χ2v) is 6.11. The summed E-state index contributed by atoms with van der Waals surface area (Å²) in [5.74, 6) is -0.107. The molecule has 0 radical (unpaired) electrons. The molecule has 0 unspecified atom stereocenters. The maximum Gasteiger partial charge on any atom is 0.387 e. The molecule has 1 saturated heterocycles. The predicted molar refractivity (Wildman–Crippen MR) is 96.1 cm³/mol. The molecule has 3 rings (SSSR count). The molecule has 2 aromatic carbocycles. The number of nitrogens with one attached hydrogen (secondary N) is 1. The number of carbonyl (C=O) groups is 2. The standard InChI is InChI=1S/C19H19F2N3O3/c1-23(12-13-2-8-16(9-3-13)27-18(20)21)17(25)14-4-6-15(7-5-14)24-11-10-22-19(24)26/h2-9,18H,10-12H2,1H3,(H,22,26). The molecule has 6 nitrogen and oxygen atoms in total. The van der Waals surface area contributed by atoms with Crippen molar-refractivity contribution < 1.29 is 23.1 Å². The highest BCUT2D eigenvalue weighted by Crippen LogP contribution is 2.19. The number of carbonyl (C=O) groups excluding carboxylic acids is 2. The van der Waals surface area contributed by atoms with Crippen molar-refractivity contribution in [2.45, 2.75) is 13.2 Å². The van der Waals surface area contributed by atoms with Gasteiger partial charge in [-0.3, -0.25) is 9.69 Å². The fraction of sp³-hybridized carbons (Fsp3) is 0.263. The molecule has 1 aliphatic rings. The van der Waals surface area contributed by atoms with E-state index in [-0.39, 0.29) is 17.7 Å². The molecular weight excluding hydrogens is 356 g/mol. The molecule has 1 heterocycles. The van der Waals surface area contributed by atoms with E-state index in [0.29, 0.717) is 25.2 Å². The van der Waals surface area contributed by atoms with Gasteiger partial charge in [-0.2, -0.15) is 8.78 Å². The summed E-state index contributed by atoms with van der Waals surface area (Å²) in [6.07, 6.45) is 0. The van der Waals surface area contributed by atoms with Gasteiger partial charge in [-0.05, 0) is 42.0 Å². The van der Waals surface area contributed by atoms with E-state index in [2.05, 4.69) is 10.1 Å². The molecule has 27 heavy (non-hydrogen) atoms. The van der Waals surface area contributed by atoms with Crippen LogP contribution >= 0.6 is 0 Å². The summed E-state index contributed by atoms with van der Waals surface area (Å²) in [5.41, 5.74) is 2.02. The zero-order valence-corrected chi connectivity index (χ0v) is 14.7. The highest BCUT2D eigenvalue weighted by molar-refractivity contribution is 5.96. The van der Waals surface area contributed by atoms with Crippen LogP contribution in [0.5, 0.6) is 5.75 Å². The van der Waals surface area contributed by atoms with Crippen molar-refractivity contribution in [2.24, 2.45) is 0 Å². The predicted octanol–water partition coefficient (Wildman–Crippen LogP) is 3.09. The fourth-order valence-electron chi connectivity index (χ4n) is 2.84. The summed E-state index contributed by atoms with van der Waals surface area (Å²) >= 11 is 0. The lowest BCUT2D eigenvalue weighted by Crippen LogP contribution is -2.28. The molecule has 0 aliphatic carbocycles. The number of rotatable bonds is 6. The molecule has 3 amide bonds. The van der Waals surface area contributed by atoms with Gasteiger partial charge in [0.1, 0.15) is 5.75 Å². The van der Waals surface area contributed by atoms with Crippen LogP contribution in [0.15, 0.2) is 48.5 Å². The Hall–Kier alpha value is -3.16. The van der Waals surface area contributed by atoms with Gasteiger partial charge in [-0.1, -0.05) is 12.1 Å². The number of ether oxygens (including phenoxy) is 1. The Kier molecular flexibility index (Phi) is 5.54. The van der Waals surface area contributed by atoms with Crippen molar-refractivity contribution in [1.82, 2.24) is 10.2 Å². The SMILES string of the molecule is CN(Cc1ccc(OC(F)F)cc1)C(=O)c1ccc(N2CCNC2=O)cc1. The molecule has 2 aromatic rings. The summed E-state index contributed by atoms with van der Waals surface area (Å²) in [7, 11) is 1.66. The molecule has 1 N–H and O–H groups in total. The van der Waals surface area contributed by atoms with Crippen LogP contribution < -0.4 is 15.0 Å². The minimum absolute atomic E-state index is 0.0734. The van der Waals surface area contributed by atoms with E-state index in [1.165, 1.54) is 17.0 Å². The molecule has 0 spiro atoms. The number of hydrogen-bond donors (Lipinski definition) is 1. The lowest BCUT2D eigenvalue weighted by molar-refractivity contribution is -0.0498. The third-order valence-electron chi connectivity index (χ3n) is 4.20. The average molecular weight is 375 g/mol. The van der Waals surface area contributed by atoms with Gasteiger partial charge in [-0.25, -0.2) is 4.79 Å². The van der Waals surface area contributed by atoms with Gasteiger partial charge in [0.25, 0.3) is 5.91 Å². The topological polar surface area (TPSA) is 61.9 Å². The molecule has 1 fully saturated rings. The van der Waals surface area contributed by atoms with Crippen molar-refractivity contribution in [2.75, 3.05) is 25.0 Å². The Balaban J connectivity index is 1.62. The van der Waals surface area contributed by atoms with Gasteiger partial charge >= 0.3 is 12.6 Å². The maximum absolute atomic E-state index is 12.6. The minimum atomic E-state index is -2.87. The zero-order valence-electron chi connectivity index (χ0n) is 14.7. The quantitative estimate of drug-likeness (QED) is 0.844. The maximum atomic E-state index is 12.6. The van der Waals surface area contributed by atoms with Crippen molar-refractivity contribution in [1.29, 1.82) is 0 Å². The van der Waals surface area contributed by atoms with Crippen LogP contribution in [-0.2, 0) is 6.54 Å². The monoisotopic (exact) mass is 375 g/mol. The third-order valence-corrected chi connectivity index (χ3v) is 4.20. The molecule has 0 bridgehead atoms. The zero-order chi connectivity index (χ0) is 19.4. The van der Waals surface area contributed by atoms with E-state index in [1.807, 2.05) is 0 Å². The van der Waals surface area contributed by atoms with Crippen LogP contribution in [0.1, 0.15) is 15.9 Å². The van der Waals surface area contributed by atoms with Crippen molar-refractivity contribution in [3.8, 4) is 5.75 Å². The van der Waals surface area contributed by atoms with Crippen LogP contribution in [0.3, 0.4) is 0 Å². The summed E-state index contributed by atoms with van der Waals surface area (Å²) < 4.78 is 28.7. The van der Waals surface area contributed by atoms with Gasteiger partial charge in [0, 0.05) is 37.9 Å². The number of benzene rings is 2. The largest absolute Gasteiger partial charge is 0.435 e. The first-order chi connectivity index (χ1) is 12.9. The number of amides is 3. The normalized spacial score (nSPS) is 13.6. The highest BCUT2D eigenvalue weighted by atomic mass is 19.3. The molecule has 8 heteroatoms. The van der Waals surface area contributed by atoms with Crippen LogP contribution in [-0.4, -0.2) is 43.6 Å². The van der Waals surface area contributed by atoms with E-state index >= 15 is 0 Å². The number of nitrogens with zero attached hydrogens (tertiary/aromatic N) is 2. The molecule has 0 atom stereocenters. The average Bonchev–Trinajstić information content (AvgIpc) is 3.08. The minimum Gasteiger partial charge on any atom is -0.435 e. The van der Waals surface area contributed by atoms with Crippen LogP contribution in [0.25, 0.3) is 0 Å². The molecule has 1 aliphatic heterocycles. The van der Waals surface area contributed by atoms with E-state index in [4.69, 9.17) is 0 Å². The first-order valence-corrected chi connectivity index (χ1v) is 8.38. The van der Waals surface area contributed by atoms with Crippen LogP contribution in [0.4, 0.5) is 19.3 Å². The first kappa shape index (κ1) is 18.6. The van der Waals surface area contributed by atoms with Crippen molar-refractivity contribution >= 4 is 17.6 Å². The Morgan fingerprint density at radius 1 is 1.19 bits per heavy atom. The van der Waals surface area contributed by atoms with Crippen LogP contribution in [0.2, 0.25) is 0 Å². The van der Waals surface area contributed by atoms with Gasteiger partial charge in [0.2, 0.25) is 0 Å². The second kappa shape index (κ2) is 8.03. The van der Waals surface area contributed by atoms with Crippen LogP contribution in [0, 0.1) is 0 Å². The summed E-state index contributed by atoms with van der Waals surface area (Å²) in [6.45, 7) is -1.35. The van der Waals surface area contributed by atoms with Gasteiger partial charge < -0.3 is 15.0 Å². The number of hydrogen-bond acceptors (Lipinski definition) is 3. The molecule has 0 saturated carbocycles. The number of halogens is 2. The fourth-order valence-corrected chi connectivity index (χ4v) is 2.84. The molecule has 0 aromatic heterocycles. The van der Waals surface area contributed by atoms with Gasteiger partial charge in [0.05, 0.1) is 0 Å². The Morgan fingerprint density at radius 3 is 2.41 bits per heavy atom. The van der Waals surface area contributed by atoms with E-state index < -0.39 is 6.61 Å². The Labute approximate surface area is 155 Å². The lowest BCUT2D eigenvalue weighted by atomic mass is 10.1. The Bertz CT molecular complexity index is 810. The summed E-state index contributed by atoms with van der Waals surface area (Å²) in [5, 5.41) is 2.73. The van der Waals surface area contributed by atoms with Gasteiger partial charge in [-0.15, -0.1) is 0 Å². The van der Waals surface area contributed by atoms with E-state index in [0.717, 1.165) is 11.3 Å². The lowest BCUT2D eigenvalue weighted by Gasteiger charge is -2.19. The molecular formula is C19H19F2N3O3. The highest BCUT2D eigenvalue weighted by Gasteiger charge is 2.21. The van der Waals surface area contributed by atoms with Crippen molar-refractivity contribution in [3.63, 3.8) is 0 Å². The van der Waals surface area contributed by atoms with E-state index in [1.54, 1.807) is 48.3 Å². The van der Waals surface area contributed by atoms with E-state index in [9.17, 15) is 18.4 Å². The number of alkyl halides is 2. The second-order valence-electron chi connectivity index (χ2n) is 6.11. The van der Waals surface area contributed by atoms with Crippen molar-refractivity contribution in [3.05, 3.63) is 59.7 Å². The smallest absolute Gasteiger partial charge is 0.387 e. The number of urea groups is 1. The Morgan fingerprint density at radius 2 is 1.85 bits per heavy atom. The summed E-state index contributed by atoms with van der Waals surface area (Å²) in [4.78, 5) is 27.4. The number of anilines is 1. The first-order valence-electron chi connectivity index (χ1n) is 8.38. The third kappa shape index (κ3) is 4.52.